The number of benzene rings is 1. The summed E-state index contributed by atoms with van der Waals surface area (Å²) in [4.78, 5) is 11.6. The molecule has 1 aliphatic rings. The zero-order valence-electron chi connectivity index (χ0n) is 11.3. The van der Waals surface area contributed by atoms with E-state index in [4.69, 9.17) is 4.74 Å². The molecular formula is C15H21NO3. The van der Waals surface area contributed by atoms with Crippen LogP contribution < -0.4 is 5.32 Å². The molecule has 4 nitrogen and oxygen atoms in total. The number of aliphatic hydroxyl groups is 1. The molecule has 19 heavy (non-hydrogen) atoms. The lowest BCUT2D eigenvalue weighted by Crippen LogP contribution is -2.41. The van der Waals surface area contributed by atoms with Gasteiger partial charge in [0.25, 0.3) is 0 Å². The van der Waals surface area contributed by atoms with E-state index in [0.717, 1.165) is 24.8 Å². The van der Waals surface area contributed by atoms with Gasteiger partial charge in [0, 0.05) is 6.54 Å². The standard InChI is InChI=1S/C15H21NO3/c1-12-7-8-15(18,9-12)11-16-14(17)19-10-13-5-3-2-4-6-13/h2-6,12,18H,7-11H2,1H3,(H,16,17). The van der Waals surface area contributed by atoms with Crippen molar-refractivity contribution in [1.29, 1.82) is 0 Å². The molecular weight excluding hydrogens is 242 g/mol. The first kappa shape index (κ1) is 13.9. The van der Waals surface area contributed by atoms with Crippen molar-refractivity contribution in [3.63, 3.8) is 0 Å². The minimum Gasteiger partial charge on any atom is -0.445 e. The fraction of sp³-hybridized carbons (Fsp3) is 0.533. The fourth-order valence-corrected chi connectivity index (χ4v) is 2.54. The van der Waals surface area contributed by atoms with Crippen molar-refractivity contribution in [3.8, 4) is 0 Å². The van der Waals surface area contributed by atoms with E-state index in [1.165, 1.54) is 0 Å². The molecule has 1 amide bonds. The van der Waals surface area contributed by atoms with E-state index in [1.54, 1.807) is 0 Å². The van der Waals surface area contributed by atoms with Crippen LogP contribution in [-0.4, -0.2) is 23.3 Å². The van der Waals surface area contributed by atoms with Crippen LogP contribution in [0.15, 0.2) is 30.3 Å². The number of ether oxygens (including phenoxy) is 1. The number of rotatable bonds is 4. The van der Waals surface area contributed by atoms with E-state index in [1.807, 2.05) is 30.3 Å². The maximum Gasteiger partial charge on any atom is 0.407 e. The molecule has 2 rings (SSSR count). The Morgan fingerprint density at radius 1 is 1.47 bits per heavy atom. The molecule has 0 aliphatic heterocycles. The van der Waals surface area contributed by atoms with Gasteiger partial charge >= 0.3 is 6.09 Å². The van der Waals surface area contributed by atoms with Gasteiger partial charge in [0.1, 0.15) is 6.61 Å². The minimum atomic E-state index is -0.759. The molecule has 0 bridgehead atoms. The molecule has 1 aliphatic carbocycles. The van der Waals surface area contributed by atoms with Crippen LogP contribution in [0.2, 0.25) is 0 Å². The van der Waals surface area contributed by atoms with Crippen molar-refractivity contribution in [2.45, 2.75) is 38.4 Å². The highest BCUT2D eigenvalue weighted by Gasteiger charge is 2.35. The van der Waals surface area contributed by atoms with E-state index < -0.39 is 11.7 Å². The first-order chi connectivity index (χ1) is 9.07. The molecule has 2 N–H and O–H groups in total. The fourth-order valence-electron chi connectivity index (χ4n) is 2.54. The average Bonchev–Trinajstić information content (AvgIpc) is 2.76. The third kappa shape index (κ3) is 4.24. The van der Waals surface area contributed by atoms with Crippen LogP contribution in [0.4, 0.5) is 4.79 Å². The minimum absolute atomic E-state index is 0.251. The second-order valence-corrected chi connectivity index (χ2v) is 5.49. The number of carbonyl (C=O) groups excluding carboxylic acids is 1. The Labute approximate surface area is 113 Å². The molecule has 1 aromatic rings. The van der Waals surface area contributed by atoms with E-state index in [2.05, 4.69) is 12.2 Å². The summed E-state index contributed by atoms with van der Waals surface area (Å²) in [5.74, 6) is 0.520. The third-order valence-corrected chi connectivity index (χ3v) is 3.61. The smallest absolute Gasteiger partial charge is 0.407 e. The number of amides is 1. The Balaban J connectivity index is 1.70. The highest BCUT2D eigenvalue weighted by Crippen LogP contribution is 2.33. The number of hydrogen-bond acceptors (Lipinski definition) is 3. The summed E-state index contributed by atoms with van der Waals surface area (Å²) in [5.41, 5.74) is 0.191. The molecule has 1 aromatic carbocycles. The predicted octanol–water partition coefficient (Wildman–Crippen LogP) is 2.46. The maximum absolute atomic E-state index is 11.6. The SMILES string of the molecule is CC1CCC(O)(CNC(=O)OCc2ccccc2)C1. The number of carbonyl (C=O) groups is 1. The monoisotopic (exact) mass is 263 g/mol. The molecule has 2 unspecified atom stereocenters. The van der Waals surface area contributed by atoms with Gasteiger partial charge in [-0.15, -0.1) is 0 Å². The molecule has 1 fully saturated rings. The lowest BCUT2D eigenvalue weighted by atomic mass is 10.0. The van der Waals surface area contributed by atoms with Gasteiger partial charge in [-0.25, -0.2) is 4.79 Å². The molecule has 104 valence electrons. The van der Waals surface area contributed by atoms with Crippen LogP contribution in [0.5, 0.6) is 0 Å². The molecule has 4 heteroatoms. The van der Waals surface area contributed by atoms with Crippen LogP contribution in [-0.2, 0) is 11.3 Å². The Hall–Kier alpha value is -1.55. The molecule has 0 spiro atoms. The van der Waals surface area contributed by atoms with Crippen LogP contribution in [0.1, 0.15) is 31.7 Å². The lowest BCUT2D eigenvalue weighted by molar-refractivity contribution is 0.0414. The van der Waals surface area contributed by atoms with Crippen molar-refractivity contribution in [3.05, 3.63) is 35.9 Å². The van der Waals surface area contributed by atoms with E-state index in [0.29, 0.717) is 5.92 Å². The van der Waals surface area contributed by atoms with E-state index in [9.17, 15) is 9.90 Å². The number of alkyl carbamates (subject to hydrolysis) is 1. The van der Waals surface area contributed by atoms with Gasteiger partial charge in [-0.05, 0) is 30.7 Å². The van der Waals surface area contributed by atoms with Crippen molar-refractivity contribution in [2.75, 3.05) is 6.54 Å². The van der Waals surface area contributed by atoms with Gasteiger partial charge in [0.05, 0.1) is 5.60 Å². The van der Waals surface area contributed by atoms with Gasteiger partial charge in [-0.3, -0.25) is 0 Å². The van der Waals surface area contributed by atoms with Crippen LogP contribution in [0, 0.1) is 5.92 Å². The second kappa shape index (κ2) is 6.06. The predicted molar refractivity (Wildman–Crippen MR) is 72.6 cm³/mol. The van der Waals surface area contributed by atoms with Crippen LogP contribution >= 0.6 is 0 Å². The maximum atomic E-state index is 11.6. The van der Waals surface area contributed by atoms with Gasteiger partial charge in [0.2, 0.25) is 0 Å². The summed E-state index contributed by atoms with van der Waals surface area (Å²) in [7, 11) is 0. The van der Waals surface area contributed by atoms with Crippen molar-refractivity contribution in [1.82, 2.24) is 5.32 Å². The molecule has 0 saturated heterocycles. The third-order valence-electron chi connectivity index (χ3n) is 3.61. The first-order valence-electron chi connectivity index (χ1n) is 6.74. The van der Waals surface area contributed by atoms with Crippen molar-refractivity contribution in [2.24, 2.45) is 5.92 Å². The Bertz CT molecular complexity index is 421. The number of hydrogen-bond donors (Lipinski definition) is 2. The summed E-state index contributed by atoms with van der Waals surface area (Å²) < 4.78 is 5.10. The van der Waals surface area contributed by atoms with E-state index >= 15 is 0 Å². The summed E-state index contributed by atoms with van der Waals surface area (Å²) in [6.45, 7) is 2.64. The van der Waals surface area contributed by atoms with Gasteiger partial charge in [-0.1, -0.05) is 37.3 Å². The van der Waals surface area contributed by atoms with Crippen LogP contribution in [0.25, 0.3) is 0 Å². The van der Waals surface area contributed by atoms with E-state index in [-0.39, 0.29) is 13.2 Å². The normalized spacial score (nSPS) is 26.1. The van der Waals surface area contributed by atoms with Gasteiger partial charge in [-0.2, -0.15) is 0 Å². The molecule has 0 heterocycles. The molecule has 2 atom stereocenters. The van der Waals surface area contributed by atoms with Gasteiger partial charge < -0.3 is 15.2 Å². The summed E-state index contributed by atoms with van der Waals surface area (Å²) >= 11 is 0. The lowest BCUT2D eigenvalue weighted by Gasteiger charge is -2.22. The van der Waals surface area contributed by atoms with Crippen LogP contribution in [0.3, 0.4) is 0 Å². The summed E-state index contributed by atoms with van der Waals surface area (Å²) in [5, 5.41) is 12.9. The average molecular weight is 263 g/mol. The summed E-state index contributed by atoms with van der Waals surface area (Å²) in [6, 6.07) is 9.53. The zero-order chi connectivity index (χ0) is 13.7. The highest BCUT2D eigenvalue weighted by atomic mass is 16.5. The van der Waals surface area contributed by atoms with Crippen molar-refractivity contribution >= 4 is 6.09 Å². The molecule has 0 radical (unpaired) electrons. The highest BCUT2D eigenvalue weighted by molar-refractivity contribution is 5.67. The van der Waals surface area contributed by atoms with Gasteiger partial charge in [0.15, 0.2) is 0 Å². The van der Waals surface area contributed by atoms with Crippen molar-refractivity contribution < 1.29 is 14.6 Å². The Kier molecular flexibility index (Phi) is 4.43. The quantitative estimate of drug-likeness (QED) is 0.877. The zero-order valence-corrected chi connectivity index (χ0v) is 11.3. The Morgan fingerprint density at radius 2 is 2.21 bits per heavy atom. The second-order valence-electron chi connectivity index (χ2n) is 5.49. The number of nitrogens with one attached hydrogen (secondary N) is 1. The largest absolute Gasteiger partial charge is 0.445 e. The first-order valence-corrected chi connectivity index (χ1v) is 6.74. The summed E-state index contributed by atoms with van der Waals surface area (Å²) in [6.07, 6.45) is 2.02. The topological polar surface area (TPSA) is 58.6 Å². The Morgan fingerprint density at radius 3 is 2.84 bits per heavy atom. The molecule has 1 saturated carbocycles. The molecule has 0 aromatic heterocycles.